The van der Waals surface area contributed by atoms with Gasteiger partial charge in [-0.05, 0) is 57.3 Å². The minimum absolute atomic E-state index is 0.117. The predicted molar refractivity (Wildman–Crippen MR) is 149 cm³/mol. The summed E-state index contributed by atoms with van der Waals surface area (Å²) >= 11 is 1.76. The maximum atomic E-state index is 5.05. The van der Waals surface area contributed by atoms with Gasteiger partial charge in [0.25, 0.3) is 0 Å². The zero-order chi connectivity index (χ0) is 23.3. The van der Waals surface area contributed by atoms with Gasteiger partial charge in [0.15, 0.2) is 5.13 Å². The summed E-state index contributed by atoms with van der Waals surface area (Å²) < 4.78 is 3.58. The molecule has 2 aromatic heterocycles. The Balaban J connectivity index is 1.52. The predicted octanol–water partition coefficient (Wildman–Crippen LogP) is 8.85. The van der Waals surface area contributed by atoms with E-state index in [1.54, 1.807) is 11.3 Å². The maximum absolute atomic E-state index is 5.05. The van der Waals surface area contributed by atoms with Gasteiger partial charge < -0.3 is 0 Å². The highest BCUT2D eigenvalue weighted by molar-refractivity contribution is 7.20. The molecule has 0 unspecified atom stereocenters. The number of hydrogen-bond donors (Lipinski definition) is 0. The van der Waals surface area contributed by atoms with Crippen LogP contribution in [0.15, 0.2) is 97.1 Å². The fraction of sp³-hybridized carbons (Fsp3) is 0.0938. The second-order valence-corrected chi connectivity index (χ2v) is 11.0. The van der Waals surface area contributed by atoms with E-state index in [0.717, 1.165) is 10.6 Å². The molecule has 0 N–H and O–H groups in total. The normalized spacial score (nSPS) is 14.2. The topological polar surface area (TPSA) is 17.8 Å². The van der Waals surface area contributed by atoms with Gasteiger partial charge in [0.2, 0.25) is 0 Å². The molecule has 0 bridgehead atoms. The minimum Gasteiger partial charge on any atom is -0.285 e. The Morgan fingerprint density at radius 1 is 0.657 bits per heavy atom. The van der Waals surface area contributed by atoms with Gasteiger partial charge in [0.1, 0.15) is 0 Å². The first-order chi connectivity index (χ1) is 17.1. The first-order valence-corrected chi connectivity index (χ1v) is 12.9. The average Bonchev–Trinajstić information content (AvgIpc) is 3.52. The number of rotatable bonds is 1. The standard InChI is InChI=1S/C32H22N2S/c1-32(2)29-20-10-4-3-9-19(20)15-16-21(29)22-17-18-26-28(30(22)32)23-11-5-7-13-25(23)34(26)31-33-24-12-6-8-14-27(24)35-31/h3-18H,1-2H3. The van der Waals surface area contributed by atoms with Crippen LogP contribution >= 0.6 is 11.3 Å². The van der Waals surface area contributed by atoms with Crippen LogP contribution in [0.3, 0.4) is 0 Å². The fourth-order valence-corrected chi connectivity index (χ4v) is 7.38. The molecule has 0 spiro atoms. The molecule has 5 aromatic carbocycles. The van der Waals surface area contributed by atoms with Crippen LogP contribution < -0.4 is 0 Å². The summed E-state index contributed by atoms with van der Waals surface area (Å²) in [6.45, 7) is 4.79. The highest BCUT2D eigenvalue weighted by atomic mass is 32.1. The van der Waals surface area contributed by atoms with Gasteiger partial charge in [0, 0.05) is 16.2 Å². The number of nitrogens with zero attached hydrogens (tertiary/aromatic N) is 2. The van der Waals surface area contributed by atoms with Crippen molar-refractivity contribution in [2.24, 2.45) is 0 Å². The van der Waals surface area contributed by atoms with Crippen molar-refractivity contribution in [3.8, 4) is 16.3 Å². The van der Waals surface area contributed by atoms with Crippen LogP contribution in [0.5, 0.6) is 0 Å². The van der Waals surface area contributed by atoms with Crippen LogP contribution in [0.2, 0.25) is 0 Å². The summed E-state index contributed by atoms with van der Waals surface area (Å²) in [6.07, 6.45) is 0. The Kier molecular flexibility index (Phi) is 3.64. The lowest BCUT2D eigenvalue weighted by Crippen LogP contribution is -2.16. The van der Waals surface area contributed by atoms with E-state index in [1.165, 1.54) is 59.5 Å². The molecule has 0 radical (unpaired) electrons. The van der Waals surface area contributed by atoms with Crippen molar-refractivity contribution in [2.75, 3.05) is 0 Å². The SMILES string of the molecule is CC1(C)c2c(ccc3ccccc23)-c2ccc3c(c21)c1ccccc1n3-c1nc2ccccc2s1. The number of para-hydroxylation sites is 2. The van der Waals surface area contributed by atoms with Crippen molar-refractivity contribution in [3.05, 3.63) is 108 Å². The van der Waals surface area contributed by atoms with Crippen molar-refractivity contribution in [1.29, 1.82) is 0 Å². The summed E-state index contributed by atoms with van der Waals surface area (Å²) in [7, 11) is 0. The van der Waals surface area contributed by atoms with Crippen molar-refractivity contribution in [2.45, 2.75) is 19.3 Å². The summed E-state index contributed by atoms with van der Waals surface area (Å²) in [5.41, 5.74) is 8.97. The zero-order valence-electron chi connectivity index (χ0n) is 19.5. The summed E-state index contributed by atoms with van der Waals surface area (Å²) in [5, 5.41) is 6.33. The second-order valence-electron chi connectivity index (χ2n) is 10.0. The minimum atomic E-state index is -0.117. The third-order valence-corrected chi connectivity index (χ3v) is 8.80. The monoisotopic (exact) mass is 466 g/mol. The lowest BCUT2D eigenvalue weighted by Gasteiger charge is -2.24. The van der Waals surface area contributed by atoms with Gasteiger partial charge in [-0.3, -0.25) is 4.57 Å². The van der Waals surface area contributed by atoms with Crippen molar-refractivity contribution >= 4 is 54.1 Å². The number of fused-ring (bicyclic) bond motifs is 10. The quantitative estimate of drug-likeness (QED) is 0.236. The molecule has 0 saturated carbocycles. The second kappa shape index (κ2) is 6.59. The van der Waals surface area contributed by atoms with E-state index in [0.29, 0.717) is 0 Å². The van der Waals surface area contributed by atoms with Gasteiger partial charge in [-0.1, -0.05) is 98.0 Å². The molecule has 3 heteroatoms. The summed E-state index contributed by atoms with van der Waals surface area (Å²) in [6, 6.07) is 35.3. The third kappa shape index (κ3) is 2.41. The molecule has 0 fully saturated rings. The molecule has 2 nitrogen and oxygen atoms in total. The van der Waals surface area contributed by atoms with Crippen LogP contribution in [0.25, 0.3) is 59.1 Å². The molecule has 0 amide bonds. The van der Waals surface area contributed by atoms with Gasteiger partial charge in [-0.15, -0.1) is 0 Å². The molecule has 1 aliphatic rings. The van der Waals surface area contributed by atoms with Crippen molar-refractivity contribution < 1.29 is 0 Å². The molecule has 0 aliphatic heterocycles. The Hall–Kier alpha value is -3.95. The van der Waals surface area contributed by atoms with Crippen LogP contribution in [0, 0.1) is 0 Å². The van der Waals surface area contributed by atoms with Crippen molar-refractivity contribution in [3.63, 3.8) is 0 Å². The van der Waals surface area contributed by atoms with E-state index < -0.39 is 0 Å². The summed E-state index contributed by atoms with van der Waals surface area (Å²) in [4.78, 5) is 5.05. The average molecular weight is 467 g/mol. The molecule has 166 valence electrons. The van der Waals surface area contributed by atoms with Gasteiger partial charge in [-0.2, -0.15) is 0 Å². The number of hydrogen-bond acceptors (Lipinski definition) is 2. The molecular weight excluding hydrogens is 444 g/mol. The first-order valence-electron chi connectivity index (χ1n) is 12.1. The maximum Gasteiger partial charge on any atom is 0.195 e. The Morgan fingerprint density at radius 3 is 2.26 bits per heavy atom. The largest absolute Gasteiger partial charge is 0.285 e. The molecule has 35 heavy (non-hydrogen) atoms. The van der Waals surface area contributed by atoms with E-state index in [1.807, 2.05) is 0 Å². The van der Waals surface area contributed by atoms with Gasteiger partial charge in [0.05, 0.1) is 21.3 Å². The highest BCUT2D eigenvalue weighted by Crippen LogP contribution is 2.55. The van der Waals surface area contributed by atoms with Crippen molar-refractivity contribution in [1.82, 2.24) is 9.55 Å². The van der Waals surface area contributed by atoms with E-state index >= 15 is 0 Å². The van der Waals surface area contributed by atoms with Crippen LogP contribution in [-0.4, -0.2) is 9.55 Å². The van der Waals surface area contributed by atoms with Crippen LogP contribution in [0.4, 0.5) is 0 Å². The van der Waals surface area contributed by atoms with E-state index in [4.69, 9.17) is 4.98 Å². The number of thiazole rings is 1. The zero-order valence-corrected chi connectivity index (χ0v) is 20.4. The molecule has 7 aromatic rings. The van der Waals surface area contributed by atoms with Crippen LogP contribution in [-0.2, 0) is 5.41 Å². The fourth-order valence-electron chi connectivity index (χ4n) is 6.39. The molecule has 0 atom stereocenters. The lowest BCUT2D eigenvalue weighted by atomic mass is 9.78. The highest BCUT2D eigenvalue weighted by Gasteiger charge is 2.39. The molecular formula is C32H22N2S. The molecule has 2 heterocycles. The smallest absolute Gasteiger partial charge is 0.195 e. The third-order valence-electron chi connectivity index (χ3n) is 7.78. The lowest BCUT2D eigenvalue weighted by molar-refractivity contribution is 0.672. The van der Waals surface area contributed by atoms with E-state index in [9.17, 15) is 0 Å². The molecule has 0 saturated heterocycles. The Bertz CT molecular complexity index is 1950. The van der Waals surface area contributed by atoms with Gasteiger partial charge >= 0.3 is 0 Å². The molecule has 1 aliphatic carbocycles. The number of aromatic nitrogens is 2. The first kappa shape index (κ1) is 19.4. The van der Waals surface area contributed by atoms with Crippen LogP contribution in [0.1, 0.15) is 25.0 Å². The van der Waals surface area contributed by atoms with E-state index in [-0.39, 0.29) is 5.41 Å². The number of benzene rings is 5. The van der Waals surface area contributed by atoms with E-state index in [2.05, 4.69) is 115 Å². The Morgan fingerprint density at radius 2 is 1.37 bits per heavy atom. The molecule has 8 rings (SSSR count). The summed E-state index contributed by atoms with van der Waals surface area (Å²) in [5.74, 6) is 0. The Labute approximate surface area is 207 Å². The van der Waals surface area contributed by atoms with Gasteiger partial charge in [-0.25, -0.2) is 4.98 Å².